The summed E-state index contributed by atoms with van der Waals surface area (Å²) in [6.45, 7) is 20.5. The van der Waals surface area contributed by atoms with Gasteiger partial charge in [0, 0.05) is 0 Å². The number of rotatable bonds is 16. The van der Waals surface area contributed by atoms with Crippen molar-refractivity contribution in [2.24, 2.45) is 0 Å². The van der Waals surface area contributed by atoms with Crippen LogP contribution in [-0.4, -0.2) is 0 Å². The molecule has 0 bridgehead atoms. The molecule has 48 heavy (non-hydrogen) atoms. The maximum absolute atomic E-state index is 3.85. The average molecular weight is 637 g/mol. The highest BCUT2D eigenvalue weighted by Crippen LogP contribution is 2.58. The molecule has 1 aliphatic carbocycles. The van der Waals surface area contributed by atoms with E-state index < -0.39 is 5.41 Å². The number of unbranched alkanes of at least 4 members (excludes halogenated alkanes) is 2. The molecule has 0 spiro atoms. The molecule has 0 amide bonds. The van der Waals surface area contributed by atoms with Gasteiger partial charge in [-0.2, -0.15) is 0 Å². The molecule has 0 saturated carbocycles. The third-order valence-corrected chi connectivity index (χ3v) is 12.3. The molecule has 4 aromatic carbocycles. The summed E-state index contributed by atoms with van der Waals surface area (Å²) in [6, 6.07) is 34.3. The Kier molecular flexibility index (Phi) is 11.4. The first-order chi connectivity index (χ1) is 23.2. The van der Waals surface area contributed by atoms with E-state index in [2.05, 4.69) is 152 Å². The molecule has 0 heterocycles. The molecule has 0 unspecified atom stereocenters. The van der Waals surface area contributed by atoms with Gasteiger partial charge in [0.05, 0.1) is 5.41 Å². The second-order valence-electron chi connectivity index (χ2n) is 14.9. The standard InChI is InChI=1S/C48H60/c1-9-15-17-18-19-23-37-25-21-27-41(33-37)48(40-26-20-24-36(32-40)22-16-10-2)44-34-38(46(7,11-3)12-4)28-30-42(44)43-31-29-39(35-45(43)48)47(8,13-5)14-6/h9,15,17,20-21,24-35H,1,10-14,16,18-19,22-23H2,2-8H3/b17-15-. The van der Waals surface area contributed by atoms with Crippen molar-refractivity contribution in [3.63, 3.8) is 0 Å². The zero-order chi connectivity index (χ0) is 34.4. The first kappa shape index (κ1) is 35.7. The van der Waals surface area contributed by atoms with E-state index in [-0.39, 0.29) is 10.8 Å². The van der Waals surface area contributed by atoms with Gasteiger partial charge < -0.3 is 0 Å². The van der Waals surface area contributed by atoms with Gasteiger partial charge in [0.15, 0.2) is 0 Å². The van der Waals surface area contributed by atoms with E-state index in [9.17, 15) is 0 Å². The predicted molar refractivity (Wildman–Crippen MR) is 211 cm³/mol. The molecule has 0 aliphatic heterocycles. The Balaban J connectivity index is 1.86. The lowest BCUT2D eigenvalue weighted by atomic mass is 9.65. The molecular weight excluding hydrogens is 577 g/mol. The van der Waals surface area contributed by atoms with E-state index in [0.29, 0.717) is 0 Å². The third-order valence-electron chi connectivity index (χ3n) is 12.3. The molecular formula is C48H60. The van der Waals surface area contributed by atoms with Crippen molar-refractivity contribution in [3.05, 3.63) is 154 Å². The van der Waals surface area contributed by atoms with E-state index in [1.807, 2.05) is 6.08 Å². The molecule has 0 heteroatoms. The molecule has 252 valence electrons. The number of allylic oxidation sites excluding steroid dienone is 3. The Hall–Kier alpha value is -3.64. The van der Waals surface area contributed by atoms with Gasteiger partial charge in [-0.15, -0.1) is 0 Å². The van der Waals surface area contributed by atoms with Crippen LogP contribution in [0.2, 0.25) is 0 Å². The van der Waals surface area contributed by atoms with Crippen LogP contribution in [0.4, 0.5) is 0 Å². The first-order valence-electron chi connectivity index (χ1n) is 19.0. The molecule has 0 saturated heterocycles. The predicted octanol–water partition coefficient (Wildman–Crippen LogP) is 13.6. The minimum Gasteiger partial charge on any atom is -0.0991 e. The zero-order valence-corrected chi connectivity index (χ0v) is 31.1. The largest absolute Gasteiger partial charge is 0.0991 e. The van der Waals surface area contributed by atoms with Crippen LogP contribution in [0.15, 0.2) is 110 Å². The Morgan fingerprint density at radius 3 is 1.52 bits per heavy atom. The van der Waals surface area contributed by atoms with E-state index in [1.165, 1.54) is 68.5 Å². The molecule has 0 radical (unpaired) electrons. The summed E-state index contributed by atoms with van der Waals surface area (Å²) in [4.78, 5) is 0. The fourth-order valence-electron chi connectivity index (χ4n) is 8.10. The minimum absolute atomic E-state index is 0.132. The molecule has 0 atom stereocenters. The topological polar surface area (TPSA) is 0 Å². The Labute approximate surface area is 293 Å². The molecule has 0 fully saturated rings. The fourth-order valence-corrected chi connectivity index (χ4v) is 8.10. The van der Waals surface area contributed by atoms with Crippen LogP contribution < -0.4 is 0 Å². The zero-order valence-electron chi connectivity index (χ0n) is 31.1. The third kappa shape index (κ3) is 6.53. The summed E-state index contributed by atoms with van der Waals surface area (Å²) in [5.74, 6) is 0. The minimum atomic E-state index is -0.400. The lowest BCUT2D eigenvalue weighted by molar-refractivity contribution is 0.437. The Bertz CT molecular complexity index is 1650. The number of aryl methyl sites for hydroxylation is 2. The highest BCUT2D eigenvalue weighted by molar-refractivity contribution is 5.87. The van der Waals surface area contributed by atoms with Crippen molar-refractivity contribution in [1.29, 1.82) is 0 Å². The quantitative estimate of drug-likeness (QED) is 0.0747. The summed E-state index contributed by atoms with van der Waals surface area (Å²) in [5, 5.41) is 0. The van der Waals surface area contributed by atoms with Gasteiger partial charge >= 0.3 is 0 Å². The van der Waals surface area contributed by atoms with Crippen LogP contribution in [-0.2, 0) is 29.1 Å². The van der Waals surface area contributed by atoms with Crippen LogP contribution in [0.1, 0.15) is 144 Å². The summed E-state index contributed by atoms with van der Waals surface area (Å²) in [7, 11) is 0. The van der Waals surface area contributed by atoms with Crippen LogP contribution >= 0.6 is 0 Å². The van der Waals surface area contributed by atoms with Gasteiger partial charge in [-0.05, 0) is 124 Å². The number of fused-ring (bicyclic) bond motifs is 3. The molecule has 4 aromatic rings. The van der Waals surface area contributed by atoms with Gasteiger partial charge in [0.25, 0.3) is 0 Å². The van der Waals surface area contributed by atoms with Crippen LogP contribution in [0, 0.1) is 0 Å². The lowest BCUT2D eigenvalue weighted by Crippen LogP contribution is -2.30. The second-order valence-corrected chi connectivity index (χ2v) is 14.9. The molecule has 0 aromatic heterocycles. The van der Waals surface area contributed by atoms with Gasteiger partial charge in [-0.25, -0.2) is 0 Å². The second kappa shape index (κ2) is 15.3. The van der Waals surface area contributed by atoms with E-state index in [4.69, 9.17) is 0 Å². The van der Waals surface area contributed by atoms with E-state index in [1.54, 1.807) is 0 Å². The highest BCUT2D eigenvalue weighted by atomic mass is 14.5. The summed E-state index contributed by atoms with van der Waals surface area (Å²) in [5.41, 5.74) is 14.1. The van der Waals surface area contributed by atoms with E-state index >= 15 is 0 Å². The Morgan fingerprint density at radius 2 is 1.08 bits per heavy atom. The first-order valence-corrected chi connectivity index (χ1v) is 19.0. The molecule has 1 aliphatic rings. The van der Waals surface area contributed by atoms with Gasteiger partial charge in [0.2, 0.25) is 0 Å². The van der Waals surface area contributed by atoms with E-state index in [0.717, 1.165) is 51.4 Å². The van der Waals surface area contributed by atoms with Crippen LogP contribution in [0.25, 0.3) is 11.1 Å². The van der Waals surface area contributed by atoms with Gasteiger partial charge in [-0.3, -0.25) is 0 Å². The van der Waals surface area contributed by atoms with Crippen LogP contribution in [0.3, 0.4) is 0 Å². The summed E-state index contributed by atoms with van der Waals surface area (Å²) in [6.07, 6.45) is 17.5. The lowest BCUT2D eigenvalue weighted by Gasteiger charge is -2.37. The Morgan fingerprint density at radius 1 is 0.604 bits per heavy atom. The SMILES string of the molecule is C=C/C=C\CCCc1cccc(C2(c3cccc(CCCC)c3)c3cc(C(C)(CC)CC)ccc3-c3ccc(C(C)(CC)CC)cc32)c1. The van der Waals surface area contributed by atoms with Gasteiger partial charge in [0.1, 0.15) is 0 Å². The van der Waals surface area contributed by atoms with Crippen molar-refractivity contribution >= 4 is 0 Å². The normalized spacial score (nSPS) is 13.9. The van der Waals surface area contributed by atoms with Crippen LogP contribution in [0.5, 0.6) is 0 Å². The summed E-state index contributed by atoms with van der Waals surface area (Å²) < 4.78 is 0. The fraction of sp³-hybridized carbons (Fsp3) is 0.417. The maximum Gasteiger partial charge on any atom is 0.0713 e. The smallest absolute Gasteiger partial charge is 0.0713 e. The van der Waals surface area contributed by atoms with Gasteiger partial charge in [-0.1, -0.05) is 165 Å². The monoisotopic (exact) mass is 636 g/mol. The molecule has 0 nitrogen and oxygen atoms in total. The highest BCUT2D eigenvalue weighted by Gasteiger charge is 2.47. The number of hydrogen-bond donors (Lipinski definition) is 0. The molecule has 5 rings (SSSR count). The summed E-state index contributed by atoms with van der Waals surface area (Å²) >= 11 is 0. The number of benzene rings is 4. The average Bonchev–Trinajstić information content (AvgIpc) is 3.43. The van der Waals surface area contributed by atoms with Crippen molar-refractivity contribution in [3.8, 4) is 11.1 Å². The van der Waals surface area contributed by atoms with Crippen molar-refractivity contribution in [2.45, 2.75) is 129 Å². The van der Waals surface area contributed by atoms with Crippen molar-refractivity contribution < 1.29 is 0 Å². The maximum atomic E-state index is 3.85. The van der Waals surface area contributed by atoms with Crippen molar-refractivity contribution in [1.82, 2.24) is 0 Å². The number of hydrogen-bond acceptors (Lipinski definition) is 0. The van der Waals surface area contributed by atoms with Crippen molar-refractivity contribution in [2.75, 3.05) is 0 Å². The molecule has 0 N–H and O–H groups in total.